The average molecular weight is 324 g/mol. The Morgan fingerprint density at radius 3 is 1.62 bits per heavy atom. The van der Waals surface area contributed by atoms with Crippen molar-refractivity contribution in [3.8, 4) is 0 Å². The first kappa shape index (κ1) is 15.7. The third-order valence-electron chi connectivity index (χ3n) is 2.16. The summed E-state index contributed by atoms with van der Waals surface area (Å²) in [6.07, 6.45) is 14.0. The predicted octanol–water partition coefficient (Wildman–Crippen LogP) is 5.07. The number of hydrogen-bond acceptors (Lipinski definition) is 0. The van der Waals surface area contributed by atoms with Gasteiger partial charge in [-0.25, -0.2) is 12.1 Å². The van der Waals surface area contributed by atoms with Gasteiger partial charge in [0.05, 0.1) is 0 Å². The van der Waals surface area contributed by atoms with Gasteiger partial charge < -0.3 is 0 Å². The van der Waals surface area contributed by atoms with Gasteiger partial charge >= 0.3 is 27.0 Å². The average Bonchev–Trinajstić information content (AvgIpc) is 2.72. The number of hydrogen-bond donors (Lipinski definition) is 0. The van der Waals surface area contributed by atoms with Crippen LogP contribution in [-0.2, 0) is 17.3 Å². The van der Waals surface area contributed by atoms with E-state index < -0.39 is 0 Å². The molecule has 0 radical (unpaired) electrons. The standard InChI is InChI=1S/C8H12.C6H7.ClH.Ru/c1-2-4-6-8-7-5-3-1;1-6-4-2-3-5-6;;/h1-2,7-8H,3-6H2;2-5H,1H3;1H;/q;-1;;+2/p-1/b2-1-,8-7-;;;. The molecule has 0 N–H and O–H groups in total. The summed E-state index contributed by atoms with van der Waals surface area (Å²) in [6.45, 7) is 2.08. The number of rotatable bonds is 0. The van der Waals surface area contributed by atoms with Crippen LogP contribution in [0, 0.1) is 6.92 Å². The molecule has 2 heteroatoms. The summed E-state index contributed by atoms with van der Waals surface area (Å²) in [4.78, 5) is 0. The van der Waals surface area contributed by atoms with Crippen LogP contribution in [0.2, 0.25) is 0 Å². The van der Waals surface area contributed by atoms with Crippen LogP contribution in [0.3, 0.4) is 0 Å². The summed E-state index contributed by atoms with van der Waals surface area (Å²) in [5.74, 6) is 0. The van der Waals surface area contributed by atoms with Crippen LogP contribution in [-0.4, -0.2) is 0 Å². The van der Waals surface area contributed by atoms with Crippen molar-refractivity contribution in [2.24, 2.45) is 0 Å². The topological polar surface area (TPSA) is 0 Å². The molecule has 0 nitrogen and oxygen atoms in total. The SMILES string of the molecule is C1=C\CC/C=C\CC/1.Cc1ccc[cH-]1.[Cl][Ru+]. The molecule has 0 heterocycles. The molecule has 90 valence electrons. The maximum atomic E-state index is 4.57. The van der Waals surface area contributed by atoms with E-state index in [0.29, 0.717) is 0 Å². The summed E-state index contributed by atoms with van der Waals surface area (Å²) in [7, 11) is 4.57. The zero-order valence-electron chi connectivity index (χ0n) is 9.68. The van der Waals surface area contributed by atoms with E-state index in [1.54, 1.807) is 0 Å². The van der Waals surface area contributed by atoms with E-state index in [4.69, 9.17) is 0 Å². The second kappa shape index (κ2) is 12.8. The molecule has 1 aliphatic carbocycles. The van der Waals surface area contributed by atoms with E-state index in [-0.39, 0.29) is 0 Å². The van der Waals surface area contributed by atoms with Crippen LogP contribution in [0.4, 0.5) is 0 Å². The van der Waals surface area contributed by atoms with E-state index in [1.807, 2.05) is 29.4 Å². The molecule has 16 heavy (non-hydrogen) atoms. The monoisotopic (exact) mass is 324 g/mol. The first-order chi connectivity index (χ1) is 7.89. The van der Waals surface area contributed by atoms with Crippen molar-refractivity contribution in [2.75, 3.05) is 0 Å². The molecule has 0 aliphatic heterocycles. The van der Waals surface area contributed by atoms with Crippen LogP contribution in [0.15, 0.2) is 48.6 Å². The fraction of sp³-hybridized carbons (Fsp3) is 0.357. The van der Waals surface area contributed by atoms with Crippen molar-refractivity contribution < 1.29 is 17.3 Å². The van der Waals surface area contributed by atoms with Crippen molar-refractivity contribution in [3.63, 3.8) is 0 Å². The van der Waals surface area contributed by atoms with Crippen LogP contribution >= 0.6 is 9.69 Å². The number of halogens is 1. The van der Waals surface area contributed by atoms with Gasteiger partial charge in [0.25, 0.3) is 0 Å². The zero-order chi connectivity index (χ0) is 12.1. The minimum atomic E-state index is 1.23. The second-order valence-corrected chi connectivity index (χ2v) is 3.56. The van der Waals surface area contributed by atoms with Gasteiger partial charge in [0.15, 0.2) is 0 Å². The predicted molar refractivity (Wildman–Crippen MR) is 69.4 cm³/mol. The van der Waals surface area contributed by atoms with Gasteiger partial charge in [-0.05, 0) is 25.7 Å². The molecule has 0 amide bonds. The van der Waals surface area contributed by atoms with Gasteiger partial charge in [0.1, 0.15) is 0 Å². The Kier molecular flexibility index (Phi) is 12.6. The summed E-state index contributed by atoms with van der Waals surface area (Å²) < 4.78 is 0. The van der Waals surface area contributed by atoms with E-state index >= 15 is 0 Å². The van der Waals surface area contributed by atoms with E-state index in [1.165, 1.54) is 31.2 Å². The van der Waals surface area contributed by atoms with Gasteiger partial charge in [-0.1, -0.05) is 31.2 Å². The Bertz CT molecular complexity index is 247. The Balaban J connectivity index is 0.000000251. The van der Waals surface area contributed by atoms with Crippen molar-refractivity contribution >= 4 is 9.69 Å². The molecule has 0 saturated carbocycles. The van der Waals surface area contributed by atoms with Crippen LogP contribution in [0.25, 0.3) is 0 Å². The Hall–Kier alpha value is -0.257. The van der Waals surface area contributed by atoms with Crippen LogP contribution < -0.4 is 0 Å². The molecular formula is C14H19ClRu. The van der Waals surface area contributed by atoms with Crippen molar-refractivity contribution in [3.05, 3.63) is 54.1 Å². The first-order valence-corrected chi connectivity index (χ1v) is 7.75. The molecular weight excluding hydrogens is 305 g/mol. The molecule has 1 aromatic rings. The summed E-state index contributed by atoms with van der Waals surface area (Å²) in [5, 5.41) is 0. The third-order valence-corrected chi connectivity index (χ3v) is 2.16. The Morgan fingerprint density at radius 1 is 1.00 bits per heavy atom. The second-order valence-electron chi connectivity index (χ2n) is 3.56. The molecule has 1 aromatic carbocycles. The fourth-order valence-electron chi connectivity index (χ4n) is 1.33. The Morgan fingerprint density at radius 2 is 1.44 bits per heavy atom. The van der Waals surface area contributed by atoms with Gasteiger partial charge in [-0.15, -0.1) is 0 Å². The molecule has 0 atom stereocenters. The maximum absolute atomic E-state index is 4.57. The van der Waals surface area contributed by atoms with Gasteiger partial charge in [-0.2, -0.15) is 17.7 Å². The molecule has 0 aromatic heterocycles. The zero-order valence-corrected chi connectivity index (χ0v) is 12.2. The van der Waals surface area contributed by atoms with Crippen LogP contribution in [0.5, 0.6) is 0 Å². The van der Waals surface area contributed by atoms with E-state index in [9.17, 15) is 0 Å². The third kappa shape index (κ3) is 10.3. The van der Waals surface area contributed by atoms with Crippen molar-refractivity contribution in [1.82, 2.24) is 0 Å². The summed E-state index contributed by atoms with van der Waals surface area (Å²) >= 11 is 1.82. The minimum absolute atomic E-state index is 1.23. The van der Waals surface area contributed by atoms with Gasteiger partial charge in [0.2, 0.25) is 0 Å². The van der Waals surface area contributed by atoms with E-state index in [0.717, 1.165) is 0 Å². The van der Waals surface area contributed by atoms with Gasteiger partial charge in [-0.3, -0.25) is 0 Å². The number of allylic oxidation sites excluding steroid dienone is 4. The Labute approximate surface area is 113 Å². The molecule has 0 spiro atoms. The molecule has 0 saturated heterocycles. The summed E-state index contributed by atoms with van der Waals surface area (Å²) in [5.41, 5.74) is 1.34. The fourth-order valence-corrected chi connectivity index (χ4v) is 1.33. The molecule has 0 bridgehead atoms. The van der Waals surface area contributed by atoms with Gasteiger partial charge in [0, 0.05) is 0 Å². The molecule has 2 rings (SSSR count). The molecule has 0 fully saturated rings. The normalized spacial score (nSPS) is 17.7. The number of aryl methyl sites for hydroxylation is 1. The molecule has 0 unspecified atom stereocenters. The van der Waals surface area contributed by atoms with Crippen molar-refractivity contribution in [2.45, 2.75) is 32.6 Å². The summed E-state index contributed by atoms with van der Waals surface area (Å²) in [6, 6.07) is 8.24. The quantitative estimate of drug-likeness (QED) is 0.355. The first-order valence-electron chi connectivity index (χ1n) is 5.51. The van der Waals surface area contributed by atoms with Crippen LogP contribution in [0.1, 0.15) is 31.2 Å². The molecule has 1 aliphatic rings. The van der Waals surface area contributed by atoms with E-state index in [2.05, 4.69) is 53.1 Å². The van der Waals surface area contributed by atoms with Crippen molar-refractivity contribution in [1.29, 1.82) is 0 Å².